The van der Waals surface area contributed by atoms with Crippen LogP contribution in [0.5, 0.6) is 0 Å². The Labute approximate surface area is 130 Å². The topological polar surface area (TPSA) is 24.9 Å². The van der Waals surface area contributed by atoms with Gasteiger partial charge < -0.3 is 5.32 Å². The van der Waals surface area contributed by atoms with E-state index in [2.05, 4.69) is 23.3 Å². The summed E-state index contributed by atoms with van der Waals surface area (Å²) in [5.74, 6) is 0. The van der Waals surface area contributed by atoms with E-state index in [-0.39, 0.29) is 6.04 Å². The van der Waals surface area contributed by atoms with Gasteiger partial charge in [0, 0.05) is 21.9 Å². The minimum atomic E-state index is 0.00856. The summed E-state index contributed by atoms with van der Waals surface area (Å²) in [6.45, 7) is 5.02. The maximum Gasteiger partial charge on any atom is 0.0607 e. The molecule has 0 spiro atoms. The van der Waals surface area contributed by atoms with Gasteiger partial charge in [0.15, 0.2) is 0 Å². The zero-order valence-electron chi connectivity index (χ0n) is 11.7. The van der Waals surface area contributed by atoms with Crippen molar-refractivity contribution in [2.45, 2.75) is 26.3 Å². The number of hydrogen-bond acceptors (Lipinski definition) is 2. The van der Waals surface area contributed by atoms with Crippen LogP contribution in [-0.4, -0.2) is 11.5 Å². The highest BCUT2D eigenvalue weighted by Crippen LogP contribution is 2.30. The third-order valence-electron chi connectivity index (χ3n) is 3.14. The van der Waals surface area contributed by atoms with E-state index in [1.54, 1.807) is 6.07 Å². The van der Waals surface area contributed by atoms with Gasteiger partial charge >= 0.3 is 0 Å². The Balaban J connectivity index is 2.41. The normalized spacial score (nSPS) is 12.4. The molecular formula is C16H18Cl2N2. The summed E-state index contributed by atoms with van der Waals surface area (Å²) in [5, 5.41) is 4.91. The molecule has 0 saturated heterocycles. The molecule has 1 aromatic carbocycles. The molecule has 1 unspecified atom stereocenters. The molecule has 1 heterocycles. The molecule has 0 fully saturated rings. The Morgan fingerprint density at radius 2 is 2.00 bits per heavy atom. The van der Waals surface area contributed by atoms with E-state index in [1.807, 2.05) is 31.3 Å². The second-order valence-electron chi connectivity index (χ2n) is 4.79. The van der Waals surface area contributed by atoms with Crippen LogP contribution in [0, 0.1) is 6.92 Å². The third-order valence-corrected chi connectivity index (χ3v) is 3.71. The SMILES string of the molecule is CCCNC(c1ccc(C)nc1)c1cc(Cl)ccc1Cl. The van der Waals surface area contributed by atoms with Crippen molar-refractivity contribution in [2.75, 3.05) is 6.54 Å². The monoisotopic (exact) mass is 308 g/mol. The number of aryl methyl sites for hydroxylation is 1. The van der Waals surface area contributed by atoms with Crippen molar-refractivity contribution in [3.8, 4) is 0 Å². The first-order chi connectivity index (χ1) is 9.61. The van der Waals surface area contributed by atoms with Gasteiger partial charge in [-0.1, -0.05) is 36.2 Å². The number of nitrogens with one attached hydrogen (secondary N) is 1. The molecule has 20 heavy (non-hydrogen) atoms. The first-order valence-corrected chi connectivity index (χ1v) is 7.48. The molecular weight excluding hydrogens is 291 g/mol. The van der Waals surface area contributed by atoms with Gasteiger partial charge in [-0.15, -0.1) is 0 Å². The molecule has 2 nitrogen and oxygen atoms in total. The fourth-order valence-corrected chi connectivity index (χ4v) is 2.49. The molecule has 1 N–H and O–H groups in total. The molecule has 4 heteroatoms. The standard InChI is InChI=1S/C16H18Cl2N2/c1-3-8-19-16(12-5-4-11(2)20-10-12)14-9-13(17)6-7-15(14)18/h4-7,9-10,16,19H,3,8H2,1-2H3. The summed E-state index contributed by atoms with van der Waals surface area (Å²) in [4.78, 5) is 4.37. The smallest absolute Gasteiger partial charge is 0.0607 e. The molecule has 1 atom stereocenters. The van der Waals surface area contributed by atoms with Gasteiger partial charge in [-0.3, -0.25) is 4.98 Å². The van der Waals surface area contributed by atoms with Gasteiger partial charge in [0.05, 0.1) is 6.04 Å². The number of pyridine rings is 1. The Bertz CT molecular complexity index is 567. The Hall–Kier alpha value is -1.09. The van der Waals surface area contributed by atoms with Gasteiger partial charge in [-0.25, -0.2) is 0 Å². The zero-order valence-corrected chi connectivity index (χ0v) is 13.2. The summed E-state index contributed by atoms with van der Waals surface area (Å²) in [6, 6.07) is 9.64. The molecule has 106 valence electrons. The summed E-state index contributed by atoms with van der Waals surface area (Å²) in [7, 11) is 0. The van der Waals surface area contributed by atoms with Crippen molar-refractivity contribution >= 4 is 23.2 Å². The second-order valence-corrected chi connectivity index (χ2v) is 5.63. The van der Waals surface area contributed by atoms with Crippen molar-refractivity contribution in [1.29, 1.82) is 0 Å². The quantitative estimate of drug-likeness (QED) is 0.859. The lowest BCUT2D eigenvalue weighted by Gasteiger charge is -2.21. The van der Waals surface area contributed by atoms with Crippen molar-refractivity contribution < 1.29 is 0 Å². The first-order valence-electron chi connectivity index (χ1n) is 6.72. The number of hydrogen-bond donors (Lipinski definition) is 1. The Morgan fingerprint density at radius 3 is 2.65 bits per heavy atom. The van der Waals surface area contributed by atoms with E-state index in [0.717, 1.165) is 29.8 Å². The highest BCUT2D eigenvalue weighted by molar-refractivity contribution is 6.33. The second kappa shape index (κ2) is 7.07. The number of aromatic nitrogens is 1. The highest BCUT2D eigenvalue weighted by atomic mass is 35.5. The lowest BCUT2D eigenvalue weighted by Crippen LogP contribution is -2.23. The van der Waals surface area contributed by atoms with Crippen molar-refractivity contribution in [2.24, 2.45) is 0 Å². The summed E-state index contributed by atoms with van der Waals surface area (Å²) >= 11 is 12.4. The molecule has 1 aromatic heterocycles. The largest absolute Gasteiger partial charge is 0.306 e. The van der Waals surface area contributed by atoms with Gasteiger partial charge in [0.25, 0.3) is 0 Å². The molecule has 0 amide bonds. The molecule has 0 aliphatic carbocycles. The van der Waals surface area contributed by atoms with Gasteiger partial charge in [-0.2, -0.15) is 0 Å². The van der Waals surface area contributed by atoms with E-state index in [0.29, 0.717) is 10.0 Å². The van der Waals surface area contributed by atoms with Crippen LogP contribution in [0.25, 0.3) is 0 Å². The predicted octanol–water partition coefficient (Wildman–Crippen LogP) is 4.79. The Kier molecular flexibility index (Phi) is 5.41. The van der Waals surface area contributed by atoms with Crippen molar-refractivity contribution in [3.05, 3.63) is 63.4 Å². The van der Waals surface area contributed by atoms with Crippen molar-refractivity contribution in [1.82, 2.24) is 10.3 Å². The lowest BCUT2D eigenvalue weighted by atomic mass is 9.99. The minimum Gasteiger partial charge on any atom is -0.306 e. The average molecular weight is 309 g/mol. The molecule has 2 aromatic rings. The van der Waals surface area contributed by atoms with Crippen LogP contribution in [0.1, 0.15) is 36.2 Å². The maximum absolute atomic E-state index is 6.33. The van der Waals surface area contributed by atoms with E-state index in [4.69, 9.17) is 23.2 Å². The van der Waals surface area contributed by atoms with E-state index >= 15 is 0 Å². The third kappa shape index (κ3) is 3.72. The fourth-order valence-electron chi connectivity index (χ4n) is 2.08. The van der Waals surface area contributed by atoms with Gasteiger partial charge in [0.1, 0.15) is 0 Å². The number of benzene rings is 1. The fraction of sp³-hybridized carbons (Fsp3) is 0.312. The molecule has 0 radical (unpaired) electrons. The summed E-state index contributed by atoms with van der Waals surface area (Å²) < 4.78 is 0. The minimum absolute atomic E-state index is 0.00856. The van der Waals surface area contributed by atoms with Crippen LogP contribution in [0.15, 0.2) is 36.5 Å². The molecule has 0 aliphatic heterocycles. The number of halogens is 2. The van der Waals surface area contributed by atoms with Crippen LogP contribution < -0.4 is 5.32 Å². The van der Waals surface area contributed by atoms with Crippen LogP contribution >= 0.6 is 23.2 Å². The zero-order chi connectivity index (χ0) is 14.5. The van der Waals surface area contributed by atoms with Gasteiger partial charge in [-0.05, 0) is 55.3 Å². The first kappa shape index (κ1) is 15.3. The number of nitrogens with zero attached hydrogens (tertiary/aromatic N) is 1. The van der Waals surface area contributed by atoms with Crippen LogP contribution in [0.2, 0.25) is 10.0 Å². The number of rotatable bonds is 5. The summed E-state index contributed by atoms with van der Waals surface area (Å²) in [6.07, 6.45) is 2.94. The van der Waals surface area contributed by atoms with Crippen molar-refractivity contribution in [3.63, 3.8) is 0 Å². The van der Waals surface area contributed by atoms with E-state index < -0.39 is 0 Å². The predicted molar refractivity (Wildman–Crippen MR) is 85.6 cm³/mol. The van der Waals surface area contributed by atoms with Crippen LogP contribution in [0.3, 0.4) is 0 Å². The summed E-state index contributed by atoms with van der Waals surface area (Å²) in [5.41, 5.74) is 3.08. The molecule has 0 bridgehead atoms. The van der Waals surface area contributed by atoms with E-state index in [9.17, 15) is 0 Å². The molecule has 0 aliphatic rings. The molecule has 0 saturated carbocycles. The van der Waals surface area contributed by atoms with Crippen LogP contribution in [-0.2, 0) is 0 Å². The molecule has 2 rings (SSSR count). The average Bonchev–Trinajstić information content (AvgIpc) is 2.44. The van der Waals surface area contributed by atoms with Gasteiger partial charge in [0.2, 0.25) is 0 Å². The lowest BCUT2D eigenvalue weighted by molar-refractivity contribution is 0.597. The highest BCUT2D eigenvalue weighted by Gasteiger charge is 2.17. The Morgan fingerprint density at radius 1 is 1.20 bits per heavy atom. The van der Waals surface area contributed by atoms with Crippen LogP contribution in [0.4, 0.5) is 0 Å². The maximum atomic E-state index is 6.33. The van der Waals surface area contributed by atoms with E-state index in [1.165, 1.54) is 0 Å².